The SMILES string of the molecule is O=C(CCOC[C@@H]1CCCN1C1CNNC(=O)C1C(F)(F)F)NC1CCC(Nc2ccccn2)CC1. The van der Waals surface area contributed by atoms with Crippen LogP contribution in [0, 0.1) is 5.92 Å². The Balaban J connectivity index is 1.15. The molecule has 12 heteroatoms. The van der Waals surface area contributed by atoms with Crippen molar-refractivity contribution in [2.24, 2.45) is 5.92 Å². The average Bonchev–Trinajstić information content (AvgIpc) is 3.31. The minimum absolute atomic E-state index is 0.0223. The van der Waals surface area contributed by atoms with Crippen molar-refractivity contribution in [3.63, 3.8) is 0 Å². The summed E-state index contributed by atoms with van der Waals surface area (Å²) < 4.78 is 46.3. The molecule has 2 unspecified atom stereocenters. The molecule has 3 aliphatic rings. The minimum atomic E-state index is -4.61. The monoisotopic (exact) mass is 512 g/mol. The Hall–Kier alpha value is -2.44. The molecular weight excluding hydrogens is 477 g/mol. The number of pyridine rings is 1. The number of likely N-dealkylation sites (tertiary alicyclic amines) is 1. The minimum Gasteiger partial charge on any atom is -0.379 e. The molecule has 36 heavy (non-hydrogen) atoms. The van der Waals surface area contributed by atoms with Crippen LogP contribution in [0.4, 0.5) is 19.0 Å². The largest absolute Gasteiger partial charge is 0.402 e. The van der Waals surface area contributed by atoms with Crippen molar-refractivity contribution in [1.82, 2.24) is 26.1 Å². The maximum atomic E-state index is 13.5. The van der Waals surface area contributed by atoms with Gasteiger partial charge in [-0.2, -0.15) is 13.2 Å². The number of halogens is 3. The zero-order valence-corrected chi connectivity index (χ0v) is 20.2. The number of aromatic nitrogens is 1. The Morgan fingerprint density at radius 3 is 2.67 bits per heavy atom. The van der Waals surface area contributed by atoms with Gasteiger partial charge in [-0.25, -0.2) is 10.4 Å². The summed E-state index contributed by atoms with van der Waals surface area (Å²) in [6.45, 7) is 0.951. The number of alkyl halides is 3. The molecule has 3 heterocycles. The Morgan fingerprint density at radius 1 is 1.17 bits per heavy atom. The molecular formula is C24H35F3N6O3. The Labute approximate surface area is 208 Å². The normalized spacial score (nSPS) is 29.5. The summed E-state index contributed by atoms with van der Waals surface area (Å²) in [7, 11) is 0. The summed E-state index contributed by atoms with van der Waals surface area (Å²) >= 11 is 0. The van der Waals surface area contributed by atoms with E-state index in [0.717, 1.165) is 37.9 Å². The van der Waals surface area contributed by atoms with Crippen LogP contribution in [0.15, 0.2) is 24.4 Å². The first-order chi connectivity index (χ1) is 17.3. The lowest BCUT2D eigenvalue weighted by Crippen LogP contribution is -2.65. The molecule has 1 aromatic rings. The van der Waals surface area contributed by atoms with Crippen LogP contribution < -0.4 is 21.5 Å². The van der Waals surface area contributed by atoms with Gasteiger partial charge in [-0.05, 0) is 57.2 Å². The van der Waals surface area contributed by atoms with E-state index in [1.54, 1.807) is 11.1 Å². The van der Waals surface area contributed by atoms with Gasteiger partial charge >= 0.3 is 6.18 Å². The topological polar surface area (TPSA) is 108 Å². The number of carbonyl (C=O) groups is 2. The maximum absolute atomic E-state index is 13.5. The van der Waals surface area contributed by atoms with Crippen molar-refractivity contribution < 1.29 is 27.5 Å². The van der Waals surface area contributed by atoms with Gasteiger partial charge in [-0.15, -0.1) is 0 Å². The van der Waals surface area contributed by atoms with E-state index < -0.39 is 24.0 Å². The maximum Gasteiger partial charge on any atom is 0.402 e. The van der Waals surface area contributed by atoms with Gasteiger partial charge in [0.1, 0.15) is 5.82 Å². The van der Waals surface area contributed by atoms with Crippen molar-refractivity contribution >= 4 is 17.6 Å². The lowest BCUT2D eigenvalue weighted by atomic mass is 9.91. The highest BCUT2D eigenvalue weighted by molar-refractivity contribution is 5.80. The number of carbonyl (C=O) groups excluding carboxylic acids is 2. The molecule has 0 radical (unpaired) electrons. The second-order valence-corrected chi connectivity index (χ2v) is 9.79. The summed E-state index contributed by atoms with van der Waals surface area (Å²) in [6.07, 6.45) is 2.46. The highest BCUT2D eigenvalue weighted by atomic mass is 19.4. The van der Waals surface area contributed by atoms with Crippen LogP contribution in [-0.4, -0.2) is 78.3 Å². The summed E-state index contributed by atoms with van der Waals surface area (Å²) in [5, 5.41) is 6.50. The van der Waals surface area contributed by atoms with E-state index in [1.807, 2.05) is 18.2 Å². The number of amides is 2. The molecule has 4 rings (SSSR count). The molecule has 1 aromatic heterocycles. The van der Waals surface area contributed by atoms with E-state index in [4.69, 9.17) is 4.74 Å². The number of ether oxygens (including phenoxy) is 1. The predicted molar refractivity (Wildman–Crippen MR) is 127 cm³/mol. The number of hydrogen-bond donors (Lipinski definition) is 4. The van der Waals surface area contributed by atoms with Crippen LogP contribution in [0.25, 0.3) is 0 Å². The van der Waals surface area contributed by atoms with E-state index in [9.17, 15) is 22.8 Å². The van der Waals surface area contributed by atoms with Crippen LogP contribution in [0.5, 0.6) is 0 Å². The molecule has 3 fully saturated rings. The summed E-state index contributed by atoms with van der Waals surface area (Å²) in [4.78, 5) is 30.3. The number of hydrazine groups is 1. The smallest absolute Gasteiger partial charge is 0.379 e. The standard InChI is InChI=1S/C24H35F3N6O3/c25-24(26,27)22-19(14-29-32-23(22)35)33-12-3-4-18(33)15-36-13-10-21(34)31-17-8-6-16(7-9-17)30-20-5-1-2-11-28-20/h1-2,5,11,16-19,22,29H,3-4,6-10,12-15H2,(H,28,30)(H,31,34)(H,32,35)/t16?,17?,18-,19?,22?/m0/s1. The van der Waals surface area contributed by atoms with Crippen LogP contribution in [0.3, 0.4) is 0 Å². The van der Waals surface area contributed by atoms with E-state index in [2.05, 4.69) is 26.5 Å². The zero-order chi connectivity index (χ0) is 25.5. The third kappa shape index (κ3) is 7.07. The van der Waals surface area contributed by atoms with Gasteiger partial charge in [0.15, 0.2) is 5.92 Å². The first-order valence-corrected chi connectivity index (χ1v) is 12.7. The quantitative estimate of drug-likeness (QED) is 0.375. The van der Waals surface area contributed by atoms with Crippen LogP contribution in [0.1, 0.15) is 44.9 Å². The molecule has 0 spiro atoms. The highest BCUT2D eigenvalue weighted by Crippen LogP contribution is 2.35. The van der Waals surface area contributed by atoms with Crippen molar-refractivity contribution in [3.8, 4) is 0 Å². The Bertz CT molecular complexity index is 866. The molecule has 1 saturated carbocycles. The van der Waals surface area contributed by atoms with Crippen molar-refractivity contribution in [3.05, 3.63) is 24.4 Å². The molecule has 4 N–H and O–H groups in total. The van der Waals surface area contributed by atoms with Crippen LogP contribution in [-0.2, 0) is 14.3 Å². The van der Waals surface area contributed by atoms with E-state index in [1.165, 1.54) is 0 Å². The summed E-state index contributed by atoms with van der Waals surface area (Å²) in [5.41, 5.74) is 4.68. The van der Waals surface area contributed by atoms with Gasteiger partial charge < -0.3 is 15.4 Å². The number of nitrogens with one attached hydrogen (secondary N) is 4. The van der Waals surface area contributed by atoms with Gasteiger partial charge in [0.2, 0.25) is 11.8 Å². The fraction of sp³-hybridized carbons (Fsp3) is 0.708. The molecule has 200 valence electrons. The van der Waals surface area contributed by atoms with Crippen molar-refractivity contribution in [2.75, 3.05) is 31.6 Å². The molecule has 0 bridgehead atoms. The second-order valence-electron chi connectivity index (χ2n) is 9.79. The van der Waals surface area contributed by atoms with Gasteiger partial charge in [-0.3, -0.25) is 19.9 Å². The Morgan fingerprint density at radius 2 is 1.94 bits per heavy atom. The first-order valence-electron chi connectivity index (χ1n) is 12.7. The van der Waals surface area contributed by atoms with Gasteiger partial charge in [0.05, 0.1) is 13.2 Å². The molecule has 9 nitrogen and oxygen atoms in total. The summed E-state index contributed by atoms with van der Waals surface area (Å²) in [6, 6.07) is 5.05. The number of nitrogens with zero attached hydrogens (tertiary/aromatic N) is 2. The van der Waals surface area contributed by atoms with Gasteiger partial charge in [-0.1, -0.05) is 6.07 Å². The highest BCUT2D eigenvalue weighted by Gasteiger charge is 2.54. The molecule has 0 aromatic carbocycles. The van der Waals surface area contributed by atoms with E-state index in [-0.39, 0.29) is 44.2 Å². The number of hydrogen-bond acceptors (Lipinski definition) is 7. The fourth-order valence-electron chi connectivity index (χ4n) is 5.49. The zero-order valence-electron chi connectivity index (χ0n) is 20.2. The second kappa shape index (κ2) is 12.2. The first kappa shape index (κ1) is 26.6. The Kier molecular flexibility index (Phi) is 9.02. The summed E-state index contributed by atoms with van der Waals surface area (Å²) in [5.74, 6) is -2.34. The fourth-order valence-corrected chi connectivity index (χ4v) is 5.49. The number of rotatable bonds is 9. The predicted octanol–water partition coefficient (Wildman–Crippen LogP) is 1.97. The van der Waals surface area contributed by atoms with E-state index >= 15 is 0 Å². The van der Waals surface area contributed by atoms with Crippen LogP contribution in [0.2, 0.25) is 0 Å². The van der Waals surface area contributed by atoms with Crippen molar-refractivity contribution in [1.29, 1.82) is 0 Å². The third-order valence-corrected chi connectivity index (χ3v) is 7.28. The molecule has 2 saturated heterocycles. The van der Waals surface area contributed by atoms with Gasteiger partial charge in [0.25, 0.3) is 0 Å². The lowest BCUT2D eigenvalue weighted by molar-refractivity contribution is -0.201. The van der Waals surface area contributed by atoms with Gasteiger partial charge in [0, 0.05) is 43.3 Å². The third-order valence-electron chi connectivity index (χ3n) is 7.28. The van der Waals surface area contributed by atoms with E-state index in [0.29, 0.717) is 19.0 Å². The lowest BCUT2D eigenvalue weighted by Gasteiger charge is -2.40. The molecule has 2 amide bonds. The van der Waals surface area contributed by atoms with Crippen LogP contribution >= 0.6 is 0 Å². The average molecular weight is 513 g/mol. The molecule has 2 aliphatic heterocycles. The molecule has 1 aliphatic carbocycles. The number of anilines is 1. The van der Waals surface area contributed by atoms with Crippen molar-refractivity contribution in [2.45, 2.75) is 75.3 Å². The molecule has 3 atom stereocenters.